The van der Waals surface area contributed by atoms with Gasteiger partial charge in [-0.1, -0.05) is 6.07 Å². The molecular weight excluding hydrogens is 154 g/mol. The highest BCUT2D eigenvalue weighted by Crippen LogP contribution is 2.21. The van der Waals surface area contributed by atoms with Crippen molar-refractivity contribution in [3.8, 4) is 5.75 Å². The number of nitrogen functional groups attached to an aromatic ring is 1. The maximum atomic E-state index is 8.92. The maximum Gasteiger partial charge on any atom is 0.126 e. The molecule has 0 aliphatic carbocycles. The Kier molecular flexibility index (Phi) is 2.94. The monoisotopic (exact) mass is 167 g/mol. The number of hydrogen-bond acceptors (Lipinski definition) is 3. The smallest absolute Gasteiger partial charge is 0.126 e. The Morgan fingerprint density at radius 2 is 2.25 bits per heavy atom. The van der Waals surface area contributed by atoms with Crippen LogP contribution >= 0.6 is 0 Å². The number of rotatable bonds is 3. The zero-order chi connectivity index (χ0) is 8.97. The number of aliphatic hydroxyl groups excluding tert-OH is 1. The van der Waals surface area contributed by atoms with E-state index in [-0.39, 0.29) is 6.61 Å². The fourth-order valence-corrected chi connectivity index (χ4v) is 0.992. The molecule has 1 rings (SSSR count). The Balaban J connectivity index is 2.95. The van der Waals surface area contributed by atoms with E-state index in [4.69, 9.17) is 15.6 Å². The van der Waals surface area contributed by atoms with Crippen molar-refractivity contribution in [3.05, 3.63) is 23.8 Å². The van der Waals surface area contributed by atoms with Crippen LogP contribution in [-0.2, 0) is 6.61 Å². The van der Waals surface area contributed by atoms with Gasteiger partial charge in [-0.3, -0.25) is 0 Å². The lowest BCUT2D eigenvalue weighted by atomic mass is 10.2. The van der Waals surface area contributed by atoms with Crippen LogP contribution in [0.5, 0.6) is 5.75 Å². The second-order valence-electron chi connectivity index (χ2n) is 2.46. The minimum atomic E-state index is -0.0182. The minimum Gasteiger partial charge on any atom is -0.493 e. The van der Waals surface area contributed by atoms with Gasteiger partial charge in [0.15, 0.2) is 0 Å². The Morgan fingerprint density at radius 3 is 2.83 bits per heavy atom. The highest BCUT2D eigenvalue weighted by atomic mass is 16.5. The van der Waals surface area contributed by atoms with E-state index >= 15 is 0 Å². The highest BCUT2D eigenvalue weighted by Gasteiger charge is 2.01. The number of hydrogen-bond donors (Lipinski definition) is 2. The molecule has 0 aliphatic heterocycles. The molecule has 0 aromatic heterocycles. The molecule has 0 spiro atoms. The number of nitrogens with two attached hydrogens (primary N) is 1. The maximum absolute atomic E-state index is 8.92. The van der Waals surface area contributed by atoms with Crippen LogP contribution in [0, 0.1) is 0 Å². The van der Waals surface area contributed by atoms with Crippen molar-refractivity contribution in [1.82, 2.24) is 0 Å². The molecule has 0 fully saturated rings. The van der Waals surface area contributed by atoms with Crippen molar-refractivity contribution < 1.29 is 9.84 Å². The van der Waals surface area contributed by atoms with E-state index in [0.29, 0.717) is 18.0 Å². The summed E-state index contributed by atoms with van der Waals surface area (Å²) < 4.78 is 5.27. The van der Waals surface area contributed by atoms with Crippen LogP contribution in [0.1, 0.15) is 12.5 Å². The lowest BCUT2D eigenvalue weighted by molar-refractivity contribution is 0.267. The first-order valence-electron chi connectivity index (χ1n) is 3.90. The summed E-state index contributed by atoms with van der Waals surface area (Å²) in [6, 6.07) is 5.23. The summed E-state index contributed by atoms with van der Waals surface area (Å²) in [7, 11) is 0. The van der Waals surface area contributed by atoms with Crippen molar-refractivity contribution in [3.63, 3.8) is 0 Å². The number of ether oxygens (including phenoxy) is 1. The molecule has 0 amide bonds. The van der Waals surface area contributed by atoms with Gasteiger partial charge in [0.05, 0.1) is 13.2 Å². The van der Waals surface area contributed by atoms with E-state index in [9.17, 15) is 0 Å². The summed E-state index contributed by atoms with van der Waals surface area (Å²) in [5, 5.41) is 8.92. The first-order chi connectivity index (χ1) is 5.77. The van der Waals surface area contributed by atoms with Gasteiger partial charge in [0.1, 0.15) is 5.75 Å². The summed E-state index contributed by atoms with van der Waals surface area (Å²) in [5.41, 5.74) is 6.97. The molecule has 0 aliphatic rings. The van der Waals surface area contributed by atoms with Crippen LogP contribution < -0.4 is 10.5 Å². The molecule has 3 nitrogen and oxygen atoms in total. The van der Waals surface area contributed by atoms with Crippen LogP contribution in [-0.4, -0.2) is 11.7 Å². The van der Waals surface area contributed by atoms with Gasteiger partial charge in [-0.05, 0) is 13.0 Å². The average molecular weight is 167 g/mol. The Hall–Kier alpha value is -1.22. The third kappa shape index (κ3) is 1.89. The van der Waals surface area contributed by atoms with Gasteiger partial charge in [-0.15, -0.1) is 0 Å². The Labute approximate surface area is 71.8 Å². The van der Waals surface area contributed by atoms with Crippen molar-refractivity contribution in [2.75, 3.05) is 12.3 Å². The first-order valence-corrected chi connectivity index (χ1v) is 3.90. The van der Waals surface area contributed by atoms with Gasteiger partial charge in [0, 0.05) is 17.3 Å². The quantitative estimate of drug-likeness (QED) is 0.664. The molecule has 0 radical (unpaired) electrons. The molecule has 0 saturated heterocycles. The van der Waals surface area contributed by atoms with Gasteiger partial charge in [-0.25, -0.2) is 0 Å². The van der Waals surface area contributed by atoms with E-state index in [2.05, 4.69) is 0 Å². The molecule has 0 saturated carbocycles. The standard InChI is InChI=1S/C9H13NO2/c1-2-12-9-5-8(10)4-3-7(9)6-11/h3-5,11H,2,6,10H2,1H3. The zero-order valence-electron chi connectivity index (χ0n) is 7.08. The molecule has 1 aromatic rings. The molecule has 12 heavy (non-hydrogen) atoms. The van der Waals surface area contributed by atoms with Gasteiger partial charge in [-0.2, -0.15) is 0 Å². The van der Waals surface area contributed by atoms with Crippen LogP contribution in [0.4, 0.5) is 5.69 Å². The van der Waals surface area contributed by atoms with Crippen molar-refractivity contribution in [1.29, 1.82) is 0 Å². The predicted octanol–water partition coefficient (Wildman–Crippen LogP) is 1.16. The molecular formula is C9H13NO2. The normalized spacial score (nSPS) is 9.83. The SMILES string of the molecule is CCOc1cc(N)ccc1CO. The zero-order valence-corrected chi connectivity index (χ0v) is 7.08. The second kappa shape index (κ2) is 3.97. The van der Waals surface area contributed by atoms with E-state index in [0.717, 1.165) is 5.56 Å². The summed E-state index contributed by atoms with van der Waals surface area (Å²) in [4.78, 5) is 0. The summed E-state index contributed by atoms with van der Waals surface area (Å²) >= 11 is 0. The summed E-state index contributed by atoms with van der Waals surface area (Å²) in [6.45, 7) is 2.45. The predicted molar refractivity (Wildman–Crippen MR) is 47.9 cm³/mol. The van der Waals surface area contributed by atoms with Gasteiger partial charge in [0.25, 0.3) is 0 Å². The van der Waals surface area contributed by atoms with E-state index in [1.807, 2.05) is 6.92 Å². The minimum absolute atomic E-state index is 0.0182. The molecule has 3 N–H and O–H groups in total. The van der Waals surface area contributed by atoms with Gasteiger partial charge in [0.2, 0.25) is 0 Å². The molecule has 3 heteroatoms. The third-order valence-electron chi connectivity index (χ3n) is 1.56. The number of benzene rings is 1. The van der Waals surface area contributed by atoms with Crippen LogP contribution in [0.15, 0.2) is 18.2 Å². The molecule has 0 atom stereocenters. The molecule has 1 aromatic carbocycles. The average Bonchev–Trinajstić information content (AvgIpc) is 2.05. The Bertz CT molecular complexity index is 261. The molecule has 0 bridgehead atoms. The number of aliphatic hydroxyl groups is 1. The fourth-order valence-electron chi connectivity index (χ4n) is 0.992. The third-order valence-corrected chi connectivity index (χ3v) is 1.56. The summed E-state index contributed by atoms with van der Waals surface area (Å²) in [6.07, 6.45) is 0. The lowest BCUT2D eigenvalue weighted by Gasteiger charge is -2.08. The molecule has 0 unspecified atom stereocenters. The van der Waals surface area contributed by atoms with Crippen LogP contribution in [0.25, 0.3) is 0 Å². The molecule has 0 heterocycles. The topological polar surface area (TPSA) is 55.5 Å². The van der Waals surface area contributed by atoms with Crippen molar-refractivity contribution in [2.45, 2.75) is 13.5 Å². The van der Waals surface area contributed by atoms with Crippen molar-refractivity contribution >= 4 is 5.69 Å². The first kappa shape index (κ1) is 8.87. The fraction of sp³-hybridized carbons (Fsp3) is 0.333. The van der Waals surface area contributed by atoms with E-state index in [1.165, 1.54) is 0 Å². The van der Waals surface area contributed by atoms with E-state index < -0.39 is 0 Å². The summed E-state index contributed by atoms with van der Waals surface area (Å²) in [5.74, 6) is 0.667. The van der Waals surface area contributed by atoms with Gasteiger partial charge < -0.3 is 15.6 Å². The largest absolute Gasteiger partial charge is 0.493 e. The van der Waals surface area contributed by atoms with Crippen molar-refractivity contribution in [2.24, 2.45) is 0 Å². The number of anilines is 1. The van der Waals surface area contributed by atoms with Crippen LogP contribution in [0.2, 0.25) is 0 Å². The Morgan fingerprint density at radius 1 is 1.50 bits per heavy atom. The lowest BCUT2D eigenvalue weighted by Crippen LogP contribution is -1.97. The van der Waals surface area contributed by atoms with Gasteiger partial charge >= 0.3 is 0 Å². The highest BCUT2D eigenvalue weighted by molar-refractivity contribution is 5.48. The molecule has 66 valence electrons. The second-order valence-corrected chi connectivity index (χ2v) is 2.46. The van der Waals surface area contributed by atoms with Crippen LogP contribution in [0.3, 0.4) is 0 Å². The van der Waals surface area contributed by atoms with E-state index in [1.54, 1.807) is 18.2 Å².